The first-order valence-corrected chi connectivity index (χ1v) is 5.17. The lowest BCUT2D eigenvalue weighted by Gasteiger charge is -2.06. The van der Waals surface area contributed by atoms with Crippen LogP contribution >= 0.6 is 0 Å². The number of hydrogen-bond donors (Lipinski definition) is 1. The normalized spacial score (nSPS) is 10.1. The van der Waals surface area contributed by atoms with Crippen LogP contribution in [0.5, 0.6) is 0 Å². The van der Waals surface area contributed by atoms with Crippen LogP contribution in [-0.2, 0) is 0 Å². The van der Waals surface area contributed by atoms with E-state index in [1.807, 2.05) is 0 Å². The van der Waals surface area contributed by atoms with Gasteiger partial charge in [0.2, 0.25) is 0 Å². The van der Waals surface area contributed by atoms with E-state index in [4.69, 9.17) is 4.42 Å². The molecule has 0 unspecified atom stereocenters. The van der Waals surface area contributed by atoms with Gasteiger partial charge in [0.05, 0.1) is 10.6 Å². The first-order valence-electron chi connectivity index (χ1n) is 5.17. The summed E-state index contributed by atoms with van der Waals surface area (Å²) in [5, 5.41) is 13.5. The summed E-state index contributed by atoms with van der Waals surface area (Å²) in [5.41, 5.74) is 1.22. The predicted molar refractivity (Wildman–Crippen MR) is 65.7 cm³/mol. The van der Waals surface area contributed by atoms with Crippen LogP contribution in [0.2, 0.25) is 0 Å². The summed E-state index contributed by atoms with van der Waals surface area (Å²) in [6, 6.07) is 7.57. The minimum Gasteiger partial charge on any atom is -0.453 e. The van der Waals surface area contributed by atoms with E-state index in [1.54, 1.807) is 25.2 Å². The Bertz CT molecular complexity index is 604. The van der Waals surface area contributed by atoms with E-state index in [2.05, 4.69) is 5.32 Å². The average molecular weight is 246 g/mol. The minimum atomic E-state index is -0.469. The van der Waals surface area contributed by atoms with E-state index in [1.165, 1.54) is 12.1 Å². The van der Waals surface area contributed by atoms with Crippen molar-refractivity contribution < 1.29 is 14.1 Å². The lowest BCUT2D eigenvalue weighted by atomic mass is 10.1. The molecule has 6 nitrogen and oxygen atoms in total. The maximum Gasteiger partial charge on any atom is 0.271 e. The number of aldehydes is 1. The highest BCUT2D eigenvalue weighted by Crippen LogP contribution is 2.32. The van der Waals surface area contributed by atoms with Crippen LogP contribution in [0.15, 0.2) is 34.7 Å². The molecule has 0 saturated carbocycles. The fourth-order valence-corrected chi connectivity index (χ4v) is 1.63. The van der Waals surface area contributed by atoms with Gasteiger partial charge in [0.15, 0.2) is 12.0 Å². The van der Waals surface area contributed by atoms with E-state index in [0.29, 0.717) is 23.3 Å². The molecule has 1 aromatic heterocycles. The van der Waals surface area contributed by atoms with Crippen molar-refractivity contribution in [2.24, 2.45) is 0 Å². The summed E-state index contributed by atoms with van der Waals surface area (Å²) < 4.78 is 5.28. The molecule has 0 aliphatic rings. The van der Waals surface area contributed by atoms with Gasteiger partial charge < -0.3 is 9.73 Å². The van der Waals surface area contributed by atoms with Gasteiger partial charge in [0.1, 0.15) is 5.76 Å². The van der Waals surface area contributed by atoms with Gasteiger partial charge in [-0.3, -0.25) is 14.9 Å². The molecule has 1 aromatic carbocycles. The van der Waals surface area contributed by atoms with Crippen molar-refractivity contribution in [3.05, 3.63) is 46.2 Å². The van der Waals surface area contributed by atoms with E-state index in [-0.39, 0.29) is 11.4 Å². The molecule has 0 saturated heterocycles. The Morgan fingerprint density at radius 2 is 2.11 bits per heavy atom. The zero-order chi connectivity index (χ0) is 13.1. The van der Waals surface area contributed by atoms with Gasteiger partial charge in [-0.05, 0) is 18.2 Å². The number of benzene rings is 1. The van der Waals surface area contributed by atoms with E-state index < -0.39 is 4.92 Å². The van der Waals surface area contributed by atoms with Crippen molar-refractivity contribution in [2.75, 3.05) is 12.4 Å². The number of nitrogens with zero attached hydrogens (tertiary/aromatic N) is 1. The van der Waals surface area contributed by atoms with Crippen LogP contribution in [0.4, 0.5) is 11.4 Å². The molecule has 2 aromatic rings. The molecule has 0 radical (unpaired) electrons. The second-order valence-corrected chi connectivity index (χ2v) is 3.56. The summed E-state index contributed by atoms with van der Waals surface area (Å²) >= 11 is 0. The van der Waals surface area contributed by atoms with Gasteiger partial charge in [-0.2, -0.15) is 0 Å². The van der Waals surface area contributed by atoms with Crippen LogP contribution in [0.25, 0.3) is 11.3 Å². The molecule has 6 heteroatoms. The summed E-state index contributed by atoms with van der Waals surface area (Å²) in [5.74, 6) is 0.696. The maximum atomic E-state index is 10.7. The number of nitro groups is 1. The highest BCUT2D eigenvalue weighted by Gasteiger charge is 2.13. The molecule has 0 spiro atoms. The van der Waals surface area contributed by atoms with Crippen molar-refractivity contribution in [2.45, 2.75) is 0 Å². The molecule has 1 N–H and O–H groups in total. The van der Waals surface area contributed by atoms with Gasteiger partial charge in [-0.15, -0.1) is 0 Å². The fraction of sp³-hybridized carbons (Fsp3) is 0.0833. The zero-order valence-electron chi connectivity index (χ0n) is 9.54. The molecule has 0 amide bonds. The number of furan rings is 1. The minimum absolute atomic E-state index is 0.00901. The Morgan fingerprint density at radius 3 is 2.67 bits per heavy atom. The van der Waals surface area contributed by atoms with E-state index in [0.717, 1.165) is 0 Å². The molecular weight excluding hydrogens is 236 g/mol. The summed E-state index contributed by atoms with van der Waals surface area (Å²) in [6.45, 7) is 0. The first-order chi connectivity index (χ1) is 8.65. The highest BCUT2D eigenvalue weighted by molar-refractivity contribution is 5.79. The zero-order valence-corrected chi connectivity index (χ0v) is 9.54. The molecule has 0 aliphatic carbocycles. The third-order valence-corrected chi connectivity index (χ3v) is 2.49. The number of nitrogens with one attached hydrogen (secondary N) is 1. The number of rotatable bonds is 4. The number of carbonyl (C=O) groups is 1. The van der Waals surface area contributed by atoms with Gasteiger partial charge in [-0.1, -0.05) is 0 Å². The molecule has 0 bridgehead atoms. The maximum absolute atomic E-state index is 10.7. The molecule has 2 rings (SSSR count). The smallest absolute Gasteiger partial charge is 0.271 e. The molecule has 0 fully saturated rings. The second kappa shape index (κ2) is 4.70. The van der Waals surface area contributed by atoms with Gasteiger partial charge >= 0.3 is 0 Å². The summed E-state index contributed by atoms with van der Waals surface area (Å²) in [6.07, 6.45) is 0.605. The third-order valence-electron chi connectivity index (χ3n) is 2.49. The lowest BCUT2D eigenvalue weighted by molar-refractivity contribution is -0.384. The molecule has 0 aliphatic heterocycles. The second-order valence-electron chi connectivity index (χ2n) is 3.56. The van der Waals surface area contributed by atoms with Crippen LogP contribution < -0.4 is 5.32 Å². The quantitative estimate of drug-likeness (QED) is 0.509. The number of carbonyl (C=O) groups excluding carboxylic acids is 1. The molecule has 0 atom stereocenters. The van der Waals surface area contributed by atoms with Crippen LogP contribution in [0.3, 0.4) is 0 Å². The largest absolute Gasteiger partial charge is 0.453 e. The van der Waals surface area contributed by atoms with Crippen molar-refractivity contribution >= 4 is 17.7 Å². The number of non-ortho nitro benzene ring substituents is 1. The number of hydrogen-bond acceptors (Lipinski definition) is 5. The van der Waals surface area contributed by atoms with Crippen LogP contribution in [0, 0.1) is 10.1 Å². The first kappa shape index (κ1) is 11.8. The topological polar surface area (TPSA) is 85.4 Å². The Kier molecular flexibility index (Phi) is 3.09. The Hall–Kier alpha value is -2.63. The SMILES string of the molecule is CNc1cc([N+](=O)[O-])ccc1-c1ccc(C=O)o1. The monoisotopic (exact) mass is 246 g/mol. The standard InChI is InChI=1S/C12H10N2O4/c1-13-11-6-8(14(16)17)2-4-10(11)12-5-3-9(7-15)18-12/h2-7,13H,1H3. The number of nitro benzene ring substituents is 1. The molecular formula is C12H10N2O4. The van der Waals surface area contributed by atoms with E-state index in [9.17, 15) is 14.9 Å². The average Bonchev–Trinajstić information content (AvgIpc) is 2.86. The van der Waals surface area contributed by atoms with Gasteiger partial charge in [0, 0.05) is 24.7 Å². The van der Waals surface area contributed by atoms with Crippen LogP contribution in [0.1, 0.15) is 10.6 Å². The molecule has 18 heavy (non-hydrogen) atoms. The van der Waals surface area contributed by atoms with E-state index >= 15 is 0 Å². The lowest BCUT2D eigenvalue weighted by Crippen LogP contribution is -1.94. The fourth-order valence-electron chi connectivity index (χ4n) is 1.63. The van der Waals surface area contributed by atoms with Crippen molar-refractivity contribution in [3.8, 4) is 11.3 Å². The summed E-state index contributed by atoms with van der Waals surface area (Å²) in [7, 11) is 1.66. The Morgan fingerprint density at radius 1 is 1.33 bits per heavy atom. The van der Waals surface area contributed by atoms with Crippen molar-refractivity contribution in [1.82, 2.24) is 0 Å². The Labute approximate surface area is 102 Å². The van der Waals surface area contributed by atoms with Crippen LogP contribution in [-0.4, -0.2) is 18.3 Å². The predicted octanol–water partition coefficient (Wildman–Crippen LogP) is 2.71. The third kappa shape index (κ3) is 2.08. The summed E-state index contributed by atoms with van der Waals surface area (Å²) in [4.78, 5) is 20.8. The highest BCUT2D eigenvalue weighted by atomic mass is 16.6. The Balaban J connectivity index is 2.50. The number of anilines is 1. The van der Waals surface area contributed by atoms with Crippen molar-refractivity contribution in [3.63, 3.8) is 0 Å². The molecule has 1 heterocycles. The molecule has 92 valence electrons. The van der Waals surface area contributed by atoms with Gasteiger partial charge in [-0.25, -0.2) is 0 Å². The van der Waals surface area contributed by atoms with Crippen molar-refractivity contribution in [1.29, 1.82) is 0 Å². The van der Waals surface area contributed by atoms with Gasteiger partial charge in [0.25, 0.3) is 5.69 Å².